The molecule has 0 aromatic heterocycles. The Balaban J connectivity index is 0. The van der Waals surface area contributed by atoms with Crippen LogP contribution >= 0.6 is 0 Å². The number of aliphatic carboxylic acids is 1. The summed E-state index contributed by atoms with van der Waals surface area (Å²) in [4.78, 5) is 16.5. The molecule has 130 valence electrons. The van der Waals surface area contributed by atoms with E-state index in [1.807, 2.05) is 0 Å². The molecule has 6 nitrogen and oxygen atoms in total. The first-order chi connectivity index (χ1) is 10.6. The third-order valence-electron chi connectivity index (χ3n) is 3.44. The minimum absolute atomic E-state index is 0. The Morgan fingerprint density at radius 2 is 1.78 bits per heavy atom. The summed E-state index contributed by atoms with van der Waals surface area (Å²) in [5, 5.41) is 29.2. The first-order valence-corrected chi connectivity index (χ1v) is 8.35. The van der Waals surface area contributed by atoms with E-state index in [0.29, 0.717) is 32.5 Å². The first kappa shape index (κ1) is 24.7. The van der Waals surface area contributed by atoms with Gasteiger partial charge in [-0.05, 0) is 38.1 Å². The second kappa shape index (κ2) is 17.8. The minimum atomic E-state index is -0.883. The fourth-order valence-corrected chi connectivity index (χ4v) is 2.18. The van der Waals surface area contributed by atoms with Crippen molar-refractivity contribution in [3.8, 4) is 0 Å². The van der Waals surface area contributed by atoms with Gasteiger partial charge in [-0.1, -0.05) is 32.6 Å². The summed E-state index contributed by atoms with van der Waals surface area (Å²) in [5.74, 6) is -0.964. The van der Waals surface area contributed by atoms with Crippen molar-refractivity contribution in [3.63, 3.8) is 0 Å². The number of carbonyl (C=O) groups is 1. The number of aliphatic hydroxyl groups excluding tert-OH is 1. The summed E-state index contributed by atoms with van der Waals surface area (Å²) < 4.78 is 0. The van der Waals surface area contributed by atoms with Crippen LogP contribution < -0.4 is 24.0 Å². The Bertz CT molecular complexity index is 314. The number of carboxylic acid groups (broad SMARTS) is 1. The second-order valence-electron chi connectivity index (χ2n) is 5.54. The van der Waals surface area contributed by atoms with E-state index in [9.17, 15) is 9.90 Å². The van der Waals surface area contributed by atoms with E-state index in [0.717, 1.165) is 19.3 Å². The van der Waals surface area contributed by atoms with Gasteiger partial charge in [0.05, 0.1) is 13.1 Å². The van der Waals surface area contributed by atoms with Crippen LogP contribution in [0.25, 0.3) is 0 Å². The monoisotopic (exact) mass is 322 g/mol. The van der Waals surface area contributed by atoms with Crippen molar-refractivity contribution < 1.29 is 39.0 Å². The van der Waals surface area contributed by atoms with E-state index in [4.69, 9.17) is 10.2 Å². The molecule has 0 amide bonds. The molecule has 0 fully saturated rings. The first-order valence-electron chi connectivity index (χ1n) is 8.35. The molecule has 0 aliphatic carbocycles. The molecule has 0 heterocycles. The van der Waals surface area contributed by atoms with Crippen LogP contribution in [0.2, 0.25) is 0 Å². The Morgan fingerprint density at radius 1 is 1.09 bits per heavy atom. The van der Waals surface area contributed by atoms with Crippen LogP contribution in [-0.4, -0.2) is 59.8 Å². The van der Waals surface area contributed by atoms with Gasteiger partial charge in [-0.2, -0.15) is 0 Å². The van der Waals surface area contributed by atoms with Gasteiger partial charge in [0.25, 0.3) is 0 Å². The molecule has 0 aromatic rings. The average Bonchev–Trinajstić information content (AvgIpc) is 2.46. The van der Waals surface area contributed by atoms with Gasteiger partial charge in [0.2, 0.25) is 0 Å². The molecular weight excluding hydrogens is 291 g/mol. The second-order valence-corrected chi connectivity index (χ2v) is 5.54. The van der Waals surface area contributed by atoms with Gasteiger partial charge in [-0.3, -0.25) is 9.69 Å². The molecule has 0 aromatic carbocycles. The van der Waals surface area contributed by atoms with Crippen molar-refractivity contribution in [3.05, 3.63) is 0 Å². The molecule has 0 aliphatic rings. The molecule has 7 heteroatoms. The Morgan fingerprint density at radius 3 is 2.39 bits per heavy atom. The quantitative estimate of drug-likeness (QED) is 0.162. The number of unbranched alkanes of at least 4 members (excludes halogenated alkanes) is 5. The largest absolute Gasteiger partial charge is 1.00 e. The van der Waals surface area contributed by atoms with E-state index in [1.54, 1.807) is 4.90 Å². The maximum atomic E-state index is 11.6. The number of aliphatic imine (C=N–C) groups is 1. The fourth-order valence-electron chi connectivity index (χ4n) is 2.18. The molecule has 0 radical (unpaired) electrons. The molecule has 2 N–H and O–H groups in total. The molecule has 0 rings (SSSR count). The van der Waals surface area contributed by atoms with Crippen LogP contribution in [0.3, 0.4) is 0 Å². The summed E-state index contributed by atoms with van der Waals surface area (Å²) in [7, 11) is 0. The fraction of sp³-hybridized carbons (Fsp3) is 0.875. The molecule has 0 saturated carbocycles. The Hall–Kier alpha value is -0.543. The molecule has 23 heavy (non-hydrogen) atoms. The topological polar surface area (TPSA) is 96.2 Å². The maximum absolute atomic E-state index is 11.6. The van der Waals surface area contributed by atoms with Crippen molar-refractivity contribution in [1.82, 2.24) is 4.90 Å². The van der Waals surface area contributed by atoms with Gasteiger partial charge in [0, 0.05) is 13.2 Å². The zero-order valence-electron chi connectivity index (χ0n) is 14.8. The summed E-state index contributed by atoms with van der Waals surface area (Å²) in [6.45, 7) is 3.64. The number of hydrogen-bond donors (Lipinski definition) is 2. The summed E-state index contributed by atoms with van der Waals surface area (Å²) in [6.07, 6.45) is 7.42. The van der Waals surface area contributed by atoms with Gasteiger partial charge >= 0.3 is 24.8 Å². The molecular formula is C16H31LiN2O4. The Kier molecular flexibility index (Phi) is 19.1. The predicted molar refractivity (Wildman–Crippen MR) is 86.1 cm³/mol. The van der Waals surface area contributed by atoms with Crippen LogP contribution in [0.5, 0.6) is 0 Å². The van der Waals surface area contributed by atoms with Crippen LogP contribution in [0, 0.1) is 0 Å². The van der Waals surface area contributed by atoms with Gasteiger partial charge in [0.1, 0.15) is 0 Å². The molecule has 0 saturated heterocycles. The van der Waals surface area contributed by atoms with E-state index < -0.39 is 5.97 Å². The normalized spacial score (nSPS) is 11.5. The number of hydrogen-bond acceptors (Lipinski definition) is 5. The van der Waals surface area contributed by atoms with E-state index in [2.05, 4.69) is 11.9 Å². The maximum Gasteiger partial charge on any atom is 1.00 e. The molecule has 0 aliphatic heterocycles. The summed E-state index contributed by atoms with van der Waals surface area (Å²) >= 11 is 0. The predicted octanol–water partition coefficient (Wildman–Crippen LogP) is -1.73. The van der Waals surface area contributed by atoms with Crippen LogP contribution in [0.1, 0.15) is 58.3 Å². The molecule has 0 bridgehead atoms. The van der Waals surface area contributed by atoms with Crippen LogP contribution in [0.4, 0.5) is 0 Å². The van der Waals surface area contributed by atoms with Gasteiger partial charge < -0.3 is 20.3 Å². The third-order valence-corrected chi connectivity index (χ3v) is 3.44. The van der Waals surface area contributed by atoms with Crippen molar-refractivity contribution >= 4 is 11.9 Å². The molecule has 0 atom stereocenters. The zero-order chi connectivity index (χ0) is 16.6. The van der Waals surface area contributed by atoms with Crippen molar-refractivity contribution in [2.75, 3.05) is 32.8 Å². The van der Waals surface area contributed by atoms with Crippen LogP contribution in [0.15, 0.2) is 4.99 Å². The van der Waals surface area contributed by atoms with Gasteiger partial charge in [-0.15, -0.1) is 0 Å². The SMILES string of the molecule is CCCCCCCC([O-])=NCCN(CCCCO)CC(=O)O.[Li+]. The van der Waals surface area contributed by atoms with E-state index >= 15 is 0 Å². The van der Waals surface area contributed by atoms with Crippen molar-refractivity contribution in [2.24, 2.45) is 4.99 Å². The Labute approximate surface area is 152 Å². The number of aliphatic hydroxyl groups is 1. The standard InChI is InChI=1S/C16H32N2O4.Li/c1-2-3-4-5-6-9-15(20)17-10-12-18(14-16(21)22)11-7-8-13-19;/h19H,2-14H2,1H3,(H,17,20)(H,21,22);/q;+1/p-1. The van der Waals surface area contributed by atoms with Crippen LogP contribution in [-0.2, 0) is 4.79 Å². The molecule has 0 unspecified atom stereocenters. The number of carboxylic acids is 1. The number of rotatable bonds is 15. The van der Waals surface area contributed by atoms with Crippen molar-refractivity contribution in [2.45, 2.75) is 58.3 Å². The van der Waals surface area contributed by atoms with Gasteiger partial charge in [0.15, 0.2) is 0 Å². The average molecular weight is 322 g/mol. The number of nitrogens with zero attached hydrogens (tertiary/aromatic N) is 2. The molecule has 0 spiro atoms. The van der Waals surface area contributed by atoms with Gasteiger partial charge in [-0.25, -0.2) is 0 Å². The smallest absolute Gasteiger partial charge is 0.862 e. The zero-order valence-corrected chi connectivity index (χ0v) is 14.8. The van der Waals surface area contributed by atoms with E-state index in [1.165, 1.54) is 19.3 Å². The minimum Gasteiger partial charge on any atom is -0.862 e. The third kappa shape index (κ3) is 17.6. The summed E-state index contributed by atoms with van der Waals surface area (Å²) in [6, 6.07) is 0. The van der Waals surface area contributed by atoms with E-state index in [-0.39, 0.29) is 37.9 Å². The van der Waals surface area contributed by atoms with Crippen molar-refractivity contribution in [1.29, 1.82) is 0 Å². The summed E-state index contributed by atoms with van der Waals surface area (Å²) in [5.41, 5.74) is 0.